The zero-order valence-corrected chi connectivity index (χ0v) is 17.1. The lowest BCUT2D eigenvalue weighted by molar-refractivity contribution is 0.592. The van der Waals surface area contributed by atoms with Gasteiger partial charge in [-0.2, -0.15) is 0 Å². The maximum atomic E-state index is 12.8. The third-order valence-corrected chi connectivity index (χ3v) is 7.46. The molecule has 0 spiro atoms. The van der Waals surface area contributed by atoms with Crippen LogP contribution in [0.2, 0.25) is 5.02 Å². The second kappa shape index (κ2) is 6.82. The van der Waals surface area contributed by atoms with Crippen molar-refractivity contribution in [1.29, 1.82) is 0 Å². The fraction of sp³-hybridized carbons (Fsp3) is 0.158. The van der Waals surface area contributed by atoms with E-state index in [0.717, 1.165) is 0 Å². The van der Waals surface area contributed by atoms with E-state index in [4.69, 9.17) is 11.6 Å². The van der Waals surface area contributed by atoms with Gasteiger partial charge in [-0.15, -0.1) is 0 Å². The maximum Gasteiger partial charge on any atom is 0.267 e. The quantitative estimate of drug-likeness (QED) is 0.462. The summed E-state index contributed by atoms with van der Waals surface area (Å²) < 4.78 is 26.8. The first-order valence-electron chi connectivity index (χ1n) is 8.21. The molecule has 8 heteroatoms. The number of rotatable bonds is 3. The van der Waals surface area contributed by atoms with Gasteiger partial charge < -0.3 is 0 Å². The number of hydrogen-bond acceptors (Lipinski definition) is 5. The van der Waals surface area contributed by atoms with Crippen molar-refractivity contribution in [2.24, 2.45) is 0 Å². The standard InChI is InChI=1S/C19H16ClN3O2S2/c1-12-5-3-4-6-13(12)11-26-19-21-10-17-18(22-19)15-9-14(20)7-8-16(15)23(2)27(17,24)25/h3-10H,11H2,1-2H3. The molecule has 1 aliphatic heterocycles. The molecule has 1 aliphatic rings. The zero-order valence-electron chi connectivity index (χ0n) is 14.7. The van der Waals surface area contributed by atoms with E-state index < -0.39 is 10.0 Å². The molecule has 0 N–H and O–H groups in total. The summed E-state index contributed by atoms with van der Waals surface area (Å²) in [6, 6.07) is 13.2. The number of thioether (sulfide) groups is 1. The third kappa shape index (κ3) is 3.20. The van der Waals surface area contributed by atoms with Crippen LogP contribution in [0.4, 0.5) is 5.69 Å². The normalized spacial score (nSPS) is 14.6. The van der Waals surface area contributed by atoms with Gasteiger partial charge in [0, 0.05) is 23.4 Å². The lowest BCUT2D eigenvalue weighted by atomic mass is 10.1. The van der Waals surface area contributed by atoms with E-state index in [1.54, 1.807) is 18.2 Å². The third-order valence-electron chi connectivity index (χ3n) is 4.54. The van der Waals surface area contributed by atoms with Gasteiger partial charge in [-0.05, 0) is 36.2 Å². The molecule has 1 aromatic heterocycles. The van der Waals surface area contributed by atoms with Crippen LogP contribution in [0.3, 0.4) is 0 Å². The highest BCUT2D eigenvalue weighted by molar-refractivity contribution is 7.98. The molecule has 2 heterocycles. The van der Waals surface area contributed by atoms with Crippen molar-refractivity contribution in [1.82, 2.24) is 9.97 Å². The number of fused-ring (bicyclic) bond motifs is 3. The number of anilines is 1. The number of halogens is 1. The van der Waals surface area contributed by atoms with Crippen molar-refractivity contribution in [3.05, 3.63) is 64.8 Å². The van der Waals surface area contributed by atoms with E-state index in [9.17, 15) is 8.42 Å². The largest absolute Gasteiger partial charge is 0.269 e. The Hall–Kier alpha value is -2.09. The molecule has 0 radical (unpaired) electrons. The Morgan fingerprint density at radius 3 is 2.74 bits per heavy atom. The summed E-state index contributed by atoms with van der Waals surface area (Å²) >= 11 is 7.62. The minimum atomic E-state index is -3.68. The summed E-state index contributed by atoms with van der Waals surface area (Å²) in [7, 11) is -2.16. The SMILES string of the molecule is Cc1ccccc1CSc1ncc2c(n1)-c1cc(Cl)ccc1N(C)S2(=O)=O. The molecular weight excluding hydrogens is 402 g/mol. The molecule has 0 amide bonds. The molecule has 0 saturated carbocycles. The summed E-state index contributed by atoms with van der Waals surface area (Å²) in [6.45, 7) is 2.06. The van der Waals surface area contributed by atoms with Crippen LogP contribution in [0.5, 0.6) is 0 Å². The van der Waals surface area contributed by atoms with Gasteiger partial charge in [0.05, 0.1) is 17.6 Å². The van der Waals surface area contributed by atoms with Gasteiger partial charge in [0.1, 0.15) is 4.90 Å². The predicted molar refractivity (Wildman–Crippen MR) is 109 cm³/mol. The van der Waals surface area contributed by atoms with Crippen LogP contribution in [-0.2, 0) is 15.8 Å². The monoisotopic (exact) mass is 417 g/mol. The molecule has 0 fully saturated rings. The molecule has 0 unspecified atom stereocenters. The van der Waals surface area contributed by atoms with Crippen molar-refractivity contribution in [3.8, 4) is 11.3 Å². The molecule has 3 aromatic rings. The Balaban J connectivity index is 1.76. The predicted octanol–water partition coefficient (Wildman–Crippen LogP) is 4.54. The number of aromatic nitrogens is 2. The lowest BCUT2D eigenvalue weighted by Gasteiger charge is -2.28. The van der Waals surface area contributed by atoms with Crippen LogP contribution >= 0.6 is 23.4 Å². The molecule has 0 saturated heterocycles. The summed E-state index contributed by atoms with van der Waals surface area (Å²) in [4.78, 5) is 8.93. The molecule has 2 aromatic carbocycles. The minimum absolute atomic E-state index is 0.0972. The smallest absolute Gasteiger partial charge is 0.267 e. The Morgan fingerprint density at radius 2 is 1.96 bits per heavy atom. The first kappa shape index (κ1) is 18.3. The molecule has 0 bridgehead atoms. The number of sulfonamides is 1. The van der Waals surface area contributed by atoms with Crippen LogP contribution in [0, 0.1) is 6.92 Å². The van der Waals surface area contributed by atoms with Crippen molar-refractivity contribution in [2.75, 3.05) is 11.4 Å². The van der Waals surface area contributed by atoms with Gasteiger partial charge in [-0.1, -0.05) is 47.6 Å². The van der Waals surface area contributed by atoms with Gasteiger partial charge in [0.15, 0.2) is 5.16 Å². The highest BCUT2D eigenvalue weighted by Crippen LogP contribution is 2.42. The number of benzene rings is 2. The van der Waals surface area contributed by atoms with Crippen molar-refractivity contribution in [2.45, 2.75) is 22.7 Å². The summed E-state index contributed by atoms with van der Waals surface area (Å²) in [5, 5.41) is 1.06. The molecular formula is C19H16ClN3O2S2. The molecule has 138 valence electrons. The van der Waals surface area contributed by atoms with E-state index in [-0.39, 0.29) is 4.90 Å². The Kier molecular flexibility index (Phi) is 4.61. The summed E-state index contributed by atoms with van der Waals surface area (Å²) in [6.07, 6.45) is 1.39. The highest BCUT2D eigenvalue weighted by atomic mass is 35.5. The van der Waals surface area contributed by atoms with Crippen molar-refractivity contribution in [3.63, 3.8) is 0 Å². The lowest BCUT2D eigenvalue weighted by Crippen LogP contribution is -2.31. The average Bonchev–Trinajstić information content (AvgIpc) is 2.65. The maximum absolute atomic E-state index is 12.8. The van der Waals surface area contributed by atoms with E-state index in [1.807, 2.05) is 12.1 Å². The Bertz CT molecular complexity index is 1150. The molecule has 0 aliphatic carbocycles. The summed E-state index contributed by atoms with van der Waals surface area (Å²) in [5.74, 6) is 0.709. The van der Waals surface area contributed by atoms with Gasteiger partial charge in [0.2, 0.25) is 0 Å². The Labute approximate surface area is 167 Å². The first-order chi connectivity index (χ1) is 12.9. The average molecular weight is 418 g/mol. The van der Waals surface area contributed by atoms with Crippen LogP contribution in [0.15, 0.2) is 58.7 Å². The second-order valence-corrected chi connectivity index (χ2v) is 9.53. The van der Waals surface area contributed by atoms with Crippen LogP contribution in [0.25, 0.3) is 11.3 Å². The molecule has 5 nitrogen and oxygen atoms in total. The van der Waals surface area contributed by atoms with Gasteiger partial charge in [-0.25, -0.2) is 18.4 Å². The fourth-order valence-electron chi connectivity index (χ4n) is 2.97. The highest BCUT2D eigenvalue weighted by Gasteiger charge is 2.34. The van der Waals surface area contributed by atoms with Gasteiger partial charge in [0.25, 0.3) is 10.0 Å². The van der Waals surface area contributed by atoms with E-state index in [2.05, 4.69) is 29.0 Å². The van der Waals surface area contributed by atoms with E-state index in [0.29, 0.717) is 32.9 Å². The fourth-order valence-corrected chi connectivity index (χ4v) is 5.33. The van der Waals surface area contributed by atoms with Crippen molar-refractivity contribution < 1.29 is 8.42 Å². The molecule has 27 heavy (non-hydrogen) atoms. The van der Waals surface area contributed by atoms with Crippen molar-refractivity contribution >= 4 is 39.1 Å². The first-order valence-corrected chi connectivity index (χ1v) is 11.0. The minimum Gasteiger partial charge on any atom is -0.269 e. The van der Waals surface area contributed by atoms with Gasteiger partial charge in [-0.3, -0.25) is 4.31 Å². The molecule has 0 atom stereocenters. The molecule has 4 rings (SSSR count). The van der Waals surface area contributed by atoms with E-state index in [1.165, 1.54) is 40.4 Å². The number of nitrogens with zero attached hydrogens (tertiary/aromatic N) is 3. The van der Waals surface area contributed by atoms with E-state index >= 15 is 0 Å². The summed E-state index contributed by atoms with van der Waals surface area (Å²) in [5.41, 5.74) is 4.03. The van der Waals surface area contributed by atoms with Crippen LogP contribution < -0.4 is 4.31 Å². The zero-order chi connectivity index (χ0) is 19.2. The van der Waals surface area contributed by atoms with Crippen LogP contribution in [-0.4, -0.2) is 25.4 Å². The van der Waals surface area contributed by atoms with Gasteiger partial charge >= 0.3 is 0 Å². The second-order valence-electron chi connectivity index (χ2n) is 6.21. The Morgan fingerprint density at radius 1 is 1.19 bits per heavy atom. The van der Waals surface area contributed by atoms with Crippen LogP contribution in [0.1, 0.15) is 11.1 Å². The number of aryl methyl sites for hydroxylation is 1. The topological polar surface area (TPSA) is 63.2 Å². The number of hydrogen-bond donors (Lipinski definition) is 0.